The number of carbonyl (C=O) groups is 1. The molecule has 0 aliphatic heterocycles. The molecule has 1 saturated carbocycles. The number of nitrogens with one attached hydrogen (secondary N) is 1. The summed E-state index contributed by atoms with van der Waals surface area (Å²) in [7, 11) is 0. The first-order valence-corrected chi connectivity index (χ1v) is 7.44. The fraction of sp³-hybridized carbons (Fsp3) is 0.235. The third kappa shape index (κ3) is 3.28. The van der Waals surface area contributed by atoms with Gasteiger partial charge in [-0.1, -0.05) is 23.7 Å². The van der Waals surface area contributed by atoms with Gasteiger partial charge in [0.15, 0.2) is 11.6 Å². The topological polar surface area (TPSA) is 29.1 Å². The maximum absolute atomic E-state index is 13.2. The van der Waals surface area contributed by atoms with E-state index < -0.39 is 17.5 Å². The molecule has 22 heavy (non-hydrogen) atoms. The van der Waals surface area contributed by atoms with Crippen LogP contribution in [-0.2, 0) is 0 Å². The van der Waals surface area contributed by atoms with Crippen molar-refractivity contribution in [3.05, 3.63) is 70.2 Å². The van der Waals surface area contributed by atoms with Crippen molar-refractivity contribution in [1.82, 2.24) is 5.32 Å². The summed E-state index contributed by atoms with van der Waals surface area (Å²) < 4.78 is 26.2. The molecule has 5 heteroatoms. The molecule has 2 aromatic carbocycles. The van der Waals surface area contributed by atoms with Crippen molar-refractivity contribution in [2.75, 3.05) is 0 Å². The van der Waals surface area contributed by atoms with E-state index in [4.69, 9.17) is 11.6 Å². The summed E-state index contributed by atoms with van der Waals surface area (Å²) in [6, 6.07) is 10.3. The minimum absolute atomic E-state index is 0.110. The molecule has 0 saturated heterocycles. The Labute approximate surface area is 132 Å². The Morgan fingerprint density at radius 3 is 2.36 bits per heavy atom. The van der Waals surface area contributed by atoms with Crippen LogP contribution in [0.15, 0.2) is 42.5 Å². The summed E-state index contributed by atoms with van der Waals surface area (Å²) in [6.07, 6.45) is 2.07. The number of rotatable bonds is 4. The van der Waals surface area contributed by atoms with E-state index >= 15 is 0 Å². The van der Waals surface area contributed by atoms with Gasteiger partial charge in [-0.15, -0.1) is 0 Å². The first-order chi connectivity index (χ1) is 10.5. The molecular formula is C17H14ClF2NO. The lowest BCUT2D eigenvalue weighted by Gasteiger charge is -2.19. The van der Waals surface area contributed by atoms with Gasteiger partial charge in [0, 0.05) is 10.6 Å². The standard InChI is InChI=1S/C17H14ClF2NO/c18-13-6-3-11(4-7-13)16(10-1-2-10)21-17(22)12-5-8-14(19)15(20)9-12/h3-10,16H,1-2H2,(H,21,22). The summed E-state index contributed by atoms with van der Waals surface area (Å²) in [5.74, 6) is -2.03. The summed E-state index contributed by atoms with van der Waals surface area (Å²) in [6.45, 7) is 0. The molecule has 1 atom stereocenters. The lowest BCUT2D eigenvalue weighted by Crippen LogP contribution is -2.30. The SMILES string of the molecule is O=C(NC(c1ccc(Cl)cc1)C1CC1)c1ccc(F)c(F)c1. The van der Waals surface area contributed by atoms with Crippen molar-refractivity contribution >= 4 is 17.5 Å². The molecule has 0 aromatic heterocycles. The second-order valence-electron chi connectivity index (χ2n) is 5.47. The Balaban J connectivity index is 1.80. The molecular weight excluding hydrogens is 308 g/mol. The van der Waals surface area contributed by atoms with E-state index in [0.29, 0.717) is 10.9 Å². The Hall–Kier alpha value is -1.94. The van der Waals surface area contributed by atoms with Crippen molar-refractivity contribution in [3.63, 3.8) is 0 Å². The zero-order valence-corrected chi connectivity index (χ0v) is 12.4. The van der Waals surface area contributed by atoms with E-state index in [-0.39, 0.29) is 11.6 Å². The molecule has 1 aliphatic rings. The maximum Gasteiger partial charge on any atom is 0.251 e. The van der Waals surface area contributed by atoms with Gasteiger partial charge >= 0.3 is 0 Å². The Morgan fingerprint density at radius 1 is 1.09 bits per heavy atom. The second kappa shape index (κ2) is 6.05. The number of halogens is 3. The van der Waals surface area contributed by atoms with Crippen molar-refractivity contribution in [2.24, 2.45) is 5.92 Å². The number of hydrogen-bond acceptors (Lipinski definition) is 1. The van der Waals surface area contributed by atoms with E-state index in [9.17, 15) is 13.6 Å². The largest absolute Gasteiger partial charge is 0.345 e. The summed E-state index contributed by atoms with van der Waals surface area (Å²) in [5, 5.41) is 3.54. The molecule has 2 aromatic rings. The summed E-state index contributed by atoms with van der Waals surface area (Å²) in [5.41, 5.74) is 1.07. The fourth-order valence-electron chi connectivity index (χ4n) is 2.43. The van der Waals surface area contributed by atoms with Crippen LogP contribution in [0.5, 0.6) is 0 Å². The Kier molecular flexibility index (Phi) is 4.12. The molecule has 3 rings (SSSR count). The van der Waals surface area contributed by atoms with Gasteiger partial charge in [0.25, 0.3) is 5.91 Å². The average molecular weight is 322 g/mol. The number of amides is 1. The van der Waals surface area contributed by atoms with E-state index in [1.165, 1.54) is 6.07 Å². The monoisotopic (exact) mass is 321 g/mol. The number of carbonyl (C=O) groups excluding carboxylic acids is 1. The third-order valence-corrected chi connectivity index (χ3v) is 4.04. The van der Waals surface area contributed by atoms with Crippen molar-refractivity contribution in [3.8, 4) is 0 Å². The second-order valence-corrected chi connectivity index (χ2v) is 5.91. The van der Waals surface area contributed by atoms with E-state index in [1.807, 2.05) is 12.1 Å². The predicted molar refractivity (Wildman–Crippen MR) is 80.7 cm³/mol. The van der Waals surface area contributed by atoms with E-state index in [0.717, 1.165) is 30.5 Å². The molecule has 114 valence electrons. The maximum atomic E-state index is 13.2. The van der Waals surface area contributed by atoms with E-state index in [1.54, 1.807) is 12.1 Å². The normalized spacial score (nSPS) is 15.4. The molecule has 0 spiro atoms. The van der Waals surface area contributed by atoms with Crippen LogP contribution in [0, 0.1) is 17.6 Å². The van der Waals surface area contributed by atoms with Crippen LogP contribution in [0.25, 0.3) is 0 Å². The lowest BCUT2D eigenvalue weighted by molar-refractivity contribution is 0.0931. The first-order valence-electron chi connectivity index (χ1n) is 7.06. The van der Waals surface area contributed by atoms with Gasteiger partial charge in [0.2, 0.25) is 0 Å². The summed E-state index contributed by atoms with van der Waals surface area (Å²) in [4.78, 5) is 12.3. The fourth-order valence-corrected chi connectivity index (χ4v) is 2.56. The highest BCUT2D eigenvalue weighted by Crippen LogP contribution is 2.41. The van der Waals surface area contributed by atoms with Crippen LogP contribution in [0.1, 0.15) is 34.8 Å². The zero-order chi connectivity index (χ0) is 15.7. The average Bonchev–Trinajstić information content (AvgIpc) is 3.33. The van der Waals surface area contributed by atoms with Gasteiger partial charge in [-0.3, -0.25) is 4.79 Å². The van der Waals surface area contributed by atoms with Gasteiger partial charge in [-0.25, -0.2) is 8.78 Å². The summed E-state index contributed by atoms with van der Waals surface area (Å²) >= 11 is 5.88. The molecule has 1 N–H and O–H groups in total. The molecule has 0 heterocycles. The van der Waals surface area contributed by atoms with E-state index in [2.05, 4.69) is 5.32 Å². The molecule has 0 radical (unpaired) electrons. The van der Waals surface area contributed by atoms with Gasteiger partial charge in [-0.2, -0.15) is 0 Å². The van der Waals surface area contributed by atoms with Gasteiger partial charge in [0.05, 0.1) is 6.04 Å². The van der Waals surface area contributed by atoms with Gasteiger partial charge in [-0.05, 0) is 54.7 Å². The van der Waals surface area contributed by atoms with Gasteiger partial charge in [0.1, 0.15) is 0 Å². The third-order valence-electron chi connectivity index (χ3n) is 3.79. The highest BCUT2D eigenvalue weighted by atomic mass is 35.5. The van der Waals surface area contributed by atoms with Crippen LogP contribution in [0.3, 0.4) is 0 Å². The molecule has 1 unspecified atom stereocenters. The van der Waals surface area contributed by atoms with Crippen molar-refractivity contribution in [2.45, 2.75) is 18.9 Å². The first kappa shape index (κ1) is 15.0. The quantitative estimate of drug-likeness (QED) is 0.882. The highest BCUT2D eigenvalue weighted by molar-refractivity contribution is 6.30. The smallest absolute Gasteiger partial charge is 0.251 e. The molecule has 1 amide bonds. The van der Waals surface area contributed by atoms with Crippen LogP contribution >= 0.6 is 11.6 Å². The predicted octanol–water partition coefficient (Wildman–Crippen LogP) is 4.50. The number of hydrogen-bond donors (Lipinski definition) is 1. The van der Waals surface area contributed by atoms with Crippen LogP contribution < -0.4 is 5.32 Å². The Bertz CT molecular complexity index is 698. The van der Waals surface area contributed by atoms with Crippen molar-refractivity contribution in [1.29, 1.82) is 0 Å². The molecule has 2 nitrogen and oxygen atoms in total. The molecule has 0 bridgehead atoms. The highest BCUT2D eigenvalue weighted by Gasteiger charge is 2.33. The molecule has 1 aliphatic carbocycles. The molecule has 1 fully saturated rings. The van der Waals surface area contributed by atoms with Crippen molar-refractivity contribution < 1.29 is 13.6 Å². The minimum Gasteiger partial charge on any atom is -0.345 e. The van der Waals surface area contributed by atoms with Crippen LogP contribution in [0.2, 0.25) is 5.02 Å². The number of benzene rings is 2. The minimum atomic E-state index is -1.03. The lowest BCUT2D eigenvalue weighted by atomic mass is 10.0. The Morgan fingerprint density at radius 2 is 1.77 bits per heavy atom. The van der Waals surface area contributed by atoms with Gasteiger partial charge < -0.3 is 5.32 Å². The zero-order valence-electron chi connectivity index (χ0n) is 11.7. The van der Waals surface area contributed by atoms with Crippen LogP contribution in [0.4, 0.5) is 8.78 Å². The van der Waals surface area contributed by atoms with Crippen LogP contribution in [-0.4, -0.2) is 5.91 Å².